The lowest BCUT2D eigenvalue weighted by atomic mass is 9.95. The lowest BCUT2D eigenvalue weighted by Gasteiger charge is -2.10. The fourth-order valence-electron chi connectivity index (χ4n) is 2.84. The van der Waals surface area contributed by atoms with Gasteiger partial charge < -0.3 is 14.6 Å². The van der Waals surface area contributed by atoms with Crippen molar-refractivity contribution >= 4 is 0 Å². The fourth-order valence-corrected chi connectivity index (χ4v) is 2.84. The standard InChI is InChI=1S/C15H27NO5/c1-12(17)6-4-3-5-7-13-8-15(21-11-20-2)9-14(13)10-16(18)19/h5,7,12-15,17H,3-4,6,8-11H2,1-2H3/b7-5-/t12-,13+,14-,15-/m0/s1. The van der Waals surface area contributed by atoms with E-state index in [4.69, 9.17) is 9.47 Å². The maximum atomic E-state index is 10.8. The topological polar surface area (TPSA) is 81.8 Å². The first-order valence-corrected chi connectivity index (χ1v) is 7.60. The highest BCUT2D eigenvalue weighted by Crippen LogP contribution is 2.35. The van der Waals surface area contributed by atoms with E-state index < -0.39 is 0 Å². The van der Waals surface area contributed by atoms with Gasteiger partial charge in [0.2, 0.25) is 6.54 Å². The van der Waals surface area contributed by atoms with Gasteiger partial charge in [0.25, 0.3) is 0 Å². The summed E-state index contributed by atoms with van der Waals surface area (Å²) in [5.41, 5.74) is 0. The zero-order valence-corrected chi connectivity index (χ0v) is 12.9. The Bertz CT molecular complexity index is 332. The second kappa shape index (κ2) is 9.87. The third-order valence-corrected chi connectivity index (χ3v) is 3.89. The van der Waals surface area contributed by atoms with E-state index in [-0.39, 0.29) is 42.3 Å². The number of aliphatic hydroxyl groups is 1. The van der Waals surface area contributed by atoms with Crippen molar-refractivity contribution in [3.63, 3.8) is 0 Å². The molecule has 0 amide bonds. The van der Waals surface area contributed by atoms with Gasteiger partial charge in [0.05, 0.1) is 12.2 Å². The van der Waals surface area contributed by atoms with Gasteiger partial charge in [-0.2, -0.15) is 0 Å². The average Bonchev–Trinajstić information content (AvgIpc) is 2.77. The minimum atomic E-state index is -0.265. The summed E-state index contributed by atoms with van der Waals surface area (Å²) < 4.78 is 10.4. The zero-order chi connectivity index (χ0) is 15.7. The molecule has 0 aliphatic heterocycles. The number of ether oxygens (including phenoxy) is 2. The van der Waals surface area contributed by atoms with E-state index >= 15 is 0 Å². The molecule has 0 aromatic carbocycles. The van der Waals surface area contributed by atoms with Crippen molar-refractivity contribution < 1.29 is 19.5 Å². The molecule has 122 valence electrons. The van der Waals surface area contributed by atoms with E-state index in [1.807, 2.05) is 0 Å². The quantitative estimate of drug-likeness (QED) is 0.220. The van der Waals surface area contributed by atoms with E-state index in [0.717, 1.165) is 25.7 Å². The molecule has 0 heterocycles. The highest BCUT2D eigenvalue weighted by molar-refractivity contribution is 4.97. The van der Waals surface area contributed by atoms with Crippen molar-refractivity contribution in [2.45, 2.75) is 51.2 Å². The molecule has 1 rings (SSSR count). The number of aliphatic hydroxyl groups excluding tert-OH is 1. The number of hydrogen-bond donors (Lipinski definition) is 1. The van der Waals surface area contributed by atoms with Gasteiger partial charge in [0.1, 0.15) is 6.79 Å². The number of hydrogen-bond acceptors (Lipinski definition) is 5. The van der Waals surface area contributed by atoms with Crippen molar-refractivity contribution in [2.75, 3.05) is 20.4 Å². The summed E-state index contributed by atoms with van der Waals surface area (Å²) in [6.07, 6.45) is 8.10. The summed E-state index contributed by atoms with van der Waals surface area (Å²) in [7, 11) is 1.57. The summed E-state index contributed by atoms with van der Waals surface area (Å²) in [4.78, 5) is 10.5. The van der Waals surface area contributed by atoms with Crippen molar-refractivity contribution in [1.82, 2.24) is 0 Å². The fraction of sp³-hybridized carbons (Fsp3) is 0.867. The van der Waals surface area contributed by atoms with Crippen LogP contribution in [0.5, 0.6) is 0 Å². The van der Waals surface area contributed by atoms with Crippen LogP contribution in [-0.2, 0) is 9.47 Å². The number of rotatable bonds is 10. The molecule has 0 bridgehead atoms. The highest BCUT2D eigenvalue weighted by atomic mass is 16.7. The highest BCUT2D eigenvalue weighted by Gasteiger charge is 2.36. The average molecular weight is 301 g/mol. The minimum absolute atomic E-state index is 0.00444. The van der Waals surface area contributed by atoms with Crippen LogP contribution in [0.4, 0.5) is 0 Å². The van der Waals surface area contributed by atoms with Crippen molar-refractivity contribution in [3.8, 4) is 0 Å². The van der Waals surface area contributed by atoms with Crippen molar-refractivity contribution in [3.05, 3.63) is 22.3 Å². The normalized spacial score (nSPS) is 27.3. The van der Waals surface area contributed by atoms with Crippen LogP contribution in [0.2, 0.25) is 0 Å². The first kappa shape index (κ1) is 18.1. The van der Waals surface area contributed by atoms with Gasteiger partial charge >= 0.3 is 0 Å². The molecule has 6 heteroatoms. The van der Waals surface area contributed by atoms with Gasteiger partial charge in [-0.15, -0.1) is 0 Å². The maximum absolute atomic E-state index is 10.8. The van der Waals surface area contributed by atoms with Gasteiger partial charge in [0, 0.05) is 18.0 Å². The summed E-state index contributed by atoms with van der Waals surface area (Å²) in [6, 6.07) is 0. The van der Waals surface area contributed by atoms with Gasteiger partial charge in [-0.1, -0.05) is 12.2 Å². The Morgan fingerprint density at radius 1 is 1.48 bits per heavy atom. The molecule has 4 atom stereocenters. The number of unbranched alkanes of at least 4 members (excludes halogenated alkanes) is 1. The molecular formula is C15H27NO5. The van der Waals surface area contributed by atoms with E-state index in [2.05, 4.69) is 12.2 Å². The van der Waals surface area contributed by atoms with E-state index in [1.54, 1.807) is 14.0 Å². The molecule has 0 saturated heterocycles. The summed E-state index contributed by atoms with van der Waals surface area (Å²) in [5.74, 6) is 0.235. The third-order valence-electron chi connectivity index (χ3n) is 3.89. The Kier molecular flexibility index (Phi) is 8.49. The van der Waals surface area contributed by atoms with Crippen LogP contribution < -0.4 is 0 Å². The molecule has 21 heavy (non-hydrogen) atoms. The van der Waals surface area contributed by atoms with Crippen LogP contribution >= 0.6 is 0 Å². The van der Waals surface area contributed by atoms with Gasteiger partial charge in [-0.05, 0) is 44.9 Å². The van der Waals surface area contributed by atoms with Gasteiger partial charge in [-0.25, -0.2) is 0 Å². The first-order chi connectivity index (χ1) is 10.0. The number of allylic oxidation sites excluding steroid dienone is 2. The Morgan fingerprint density at radius 3 is 2.86 bits per heavy atom. The molecule has 1 N–H and O–H groups in total. The SMILES string of the molecule is COCO[C@@H]1C[C@@H](C[N+](=O)[O-])[C@H](/C=C\CCC[C@H](C)O)C1. The number of methoxy groups -OCH3 is 1. The van der Waals surface area contributed by atoms with Gasteiger partial charge in [-0.3, -0.25) is 10.1 Å². The Morgan fingerprint density at radius 2 is 2.24 bits per heavy atom. The predicted molar refractivity (Wildman–Crippen MR) is 79.5 cm³/mol. The molecule has 1 aliphatic rings. The molecule has 1 saturated carbocycles. The lowest BCUT2D eigenvalue weighted by molar-refractivity contribution is -0.489. The monoisotopic (exact) mass is 301 g/mol. The molecule has 0 aromatic heterocycles. The third kappa shape index (κ3) is 7.55. The molecule has 0 unspecified atom stereocenters. The smallest absolute Gasteiger partial charge is 0.207 e. The minimum Gasteiger partial charge on any atom is -0.393 e. The second-order valence-electron chi connectivity index (χ2n) is 5.81. The Labute approximate surface area is 126 Å². The predicted octanol–water partition coefficient (Wildman–Crippen LogP) is 2.39. The number of nitrogens with zero attached hydrogens (tertiary/aromatic N) is 1. The summed E-state index contributed by atoms with van der Waals surface area (Å²) in [6.45, 7) is 2.02. The van der Waals surface area contributed by atoms with Crippen molar-refractivity contribution in [2.24, 2.45) is 11.8 Å². The molecule has 1 aliphatic carbocycles. The molecule has 0 radical (unpaired) electrons. The van der Waals surface area contributed by atoms with Crippen LogP contribution in [0.25, 0.3) is 0 Å². The molecule has 1 fully saturated rings. The van der Waals surface area contributed by atoms with Crippen LogP contribution in [0, 0.1) is 22.0 Å². The first-order valence-electron chi connectivity index (χ1n) is 7.60. The molecular weight excluding hydrogens is 274 g/mol. The number of nitro groups is 1. The van der Waals surface area contributed by atoms with Crippen LogP contribution in [0.3, 0.4) is 0 Å². The maximum Gasteiger partial charge on any atom is 0.207 e. The van der Waals surface area contributed by atoms with E-state index in [9.17, 15) is 15.2 Å². The molecule has 6 nitrogen and oxygen atoms in total. The molecule has 0 aromatic rings. The van der Waals surface area contributed by atoms with Crippen molar-refractivity contribution in [1.29, 1.82) is 0 Å². The zero-order valence-electron chi connectivity index (χ0n) is 12.9. The largest absolute Gasteiger partial charge is 0.393 e. The second-order valence-corrected chi connectivity index (χ2v) is 5.81. The summed E-state index contributed by atoms with van der Waals surface area (Å²) in [5, 5.41) is 20.0. The van der Waals surface area contributed by atoms with Crippen LogP contribution in [-0.4, -0.2) is 42.7 Å². The van der Waals surface area contributed by atoms with Crippen LogP contribution in [0.15, 0.2) is 12.2 Å². The van der Waals surface area contributed by atoms with E-state index in [1.165, 1.54) is 0 Å². The van der Waals surface area contributed by atoms with Gasteiger partial charge in [0.15, 0.2) is 0 Å². The lowest BCUT2D eigenvalue weighted by Crippen LogP contribution is -2.17. The van der Waals surface area contributed by atoms with E-state index in [0.29, 0.717) is 6.42 Å². The Balaban J connectivity index is 2.42. The van der Waals surface area contributed by atoms with Crippen LogP contribution in [0.1, 0.15) is 39.0 Å². The Hall–Kier alpha value is -0.980. The molecule has 0 spiro atoms. The summed E-state index contributed by atoms with van der Waals surface area (Å²) >= 11 is 0.